The van der Waals surface area contributed by atoms with E-state index in [1.165, 1.54) is 32.1 Å². The van der Waals surface area contributed by atoms with Crippen molar-refractivity contribution >= 4 is 35.8 Å². The number of guanidine groups is 1. The molecule has 6 nitrogen and oxygen atoms in total. The van der Waals surface area contributed by atoms with Gasteiger partial charge in [-0.25, -0.2) is 0 Å². The maximum atomic E-state index is 11.9. The van der Waals surface area contributed by atoms with Crippen molar-refractivity contribution in [3.8, 4) is 0 Å². The highest BCUT2D eigenvalue weighted by Crippen LogP contribution is 2.20. The van der Waals surface area contributed by atoms with Crippen LogP contribution in [0.2, 0.25) is 0 Å². The first-order valence-corrected chi connectivity index (χ1v) is 10.1. The lowest BCUT2D eigenvalue weighted by atomic mass is 9.98. The number of nitrogens with one attached hydrogen (secondary N) is 3. The van der Waals surface area contributed by atoms with Gasteiger partial charge in [-0.3, -0.25) is 9.79 Å². The van der Waals surface area contributed by atoms with Crippen LogP contribution in [-0.4, -0.2) is 44.7 Å². The van der Waals surface area contributed by atoms with E-state index in [0.717, 1.165) is 31.1 Å². The molecule has 0 heterocycles. The van der Waals surface area contributed by atoms with Crippen molar-refractivity contribution in [3.05, 3.63) is 35.9 Å². The molecule has 0 bridgehead atoms. The molecule has 0 atom stereocenters. The van der Waals surface area contributed by atoms with Crippen molar-refractivity contribution in [2.45, 2.75) is 57.6 Å². The molecule has 28 heavy (non-hydrogen) atoms. The van der Waals surface area contributed by atoms with Crippen LogP contribution >= 0.6 is 24.0 Å². The van der Waals surface area contributed by atoms with Crippen LogP contribution in [-0.2, 0) is 16.1 Å². The summed E-state index contributed by atoms with van der Waals surface area (Å²) in [5.74, 6) is 0.756. The van der Waals surface area contributed by atoms with Crippen molar-refractivity contribution in [1.29, 1.82) is 0 Å². The Bertz CT molecular complexity index is 563. The van der Waals surface area contributed by atoms with E-state index < -0.39 is 0 Å². The fourth-order valence-electron chi connectivity index (χ4n) is 3.16. The molecule has 2 rings (SSSR count). The van der Waals surface area contributed by atoms with Crippen LogP contribution in [0.1, 0.15) is 50.5 Å². The first kappa shape index (κ1) is 24.7. The van der Waals surface area contributed by atoms with Gasteiger partial charge in [0.2, 0.25) is 5.91 Å². The molecule has 1 aromatic carbocycles. The van der Waals surface area contributed by atoms with Crippen LogP contribution < -0.4 is 16.0 Å². The van der Waals surface area contributed by atoms with E-state index in [9.17, 15) is 4.79 Å². The fraction of sp³-hybridized carbons (Fsp3) is 0.619. The van der Waals surface area contributed by atoms with Gasteiger partial charge in [0.05, 0.1) is 6.10 Å². The van der Waals surface area contributed by atoms with Crippen LogP contribution in [0, 0.1) is 0 Å². The molecule has 1 fully saturated rings. The molecule has 0 aromatic heterocycles. The molecular formula is C21H35IN4O2. The Morgan fingerprint density at radius 1 is 1.07 bits per heavy atom. The van der Waals surface area contributed by atoms with Crippen molar-refractivity contribution in [2.24, 2.45) is 4.99 Å². The van der Waals surface area contributed by atoms with E-state index in [1.54, 1.807) is 7.05 Å². The summed E-state index contributed by atoms with van der Waals surface area (Å²) in [5.41, 5.74) is 1.10. The second kappa shape index (κ2) is 15.6. The predicted molar refractivity (Wildman–Crippen MR) is 125 cm³/mol. The molecule has 0 radical (unpaired) electrons. The number of carbonyl (C=O) groups excluding carboxylic acids is 1. The zero-order chi connectivity index (χ0) is 19.2. The van der Waals surface area contributed by atoms with Gasteiger partial charge in [0.25, 0.3) is 0 Å². The normalized spacial score (nSPS) is 14.8. The predicted octanol–water partition coefficient (Wildman–Crippen LogP) is 3.22. The van der Waals surface area contributed by atoms with E-state index in [1.807, 2.05) is 30.3 Å². The largest absolute Gasteiger partial charge is 0.378 e. The zero-order valence-electron chi connectivity index (χ0n) is 16.9. The number of hydrogen-bond donors (Lipinski definition) is 3. The second-order valence-electron chi connectivity index (χ2n) is 6.92. The van der Waals surface area contributed by atoms with E-state index >= 15 is 0 Å². The second-order valence-corrected chi connectivity index (χ2v) is 6.92. The van der Waals surface area contributed by atoms with Gasteiger partial charge >= 0.3 is 0 Å². The smallest absolute Gasteiger partial charge is 0.222 e. The Kier molecular flexibility index (Phi) is 13.7. The van der Waals surface area contributed by atoms with E-state index in [0.29, 0.717) is 25.6 Å². The number of ether oxygens (including phenoxy) is 1. The summed E-state index contributed by atoms with van der Waals surface area (Å²) in [6.07, 6.45) is 8.22. The van der Waals surface area contributed by atoms with Gasteiger partial charge in [0.15, 0.2) is 5.96 Å². The number of halogens is 1. The maximum Gasteiger partial charge on any atom is 0.222 e. The summed E-state index contributed by atoms with van der Waals surface area (Å²) < 4.78 is 5.92. The molecular weight excluding hydrogens is 467 g/mol. The molecule has 3 N–H and O–H groups in total. The summed E-state index contributed by atoms with van der Waals surface area (Å²) in [7, 11) is 1.74. The number of carbonyl (C=O) groups is 1. The number of nitrogens with zero attached hydrogens (tertiary/aromatic N) is 1. The summed E-state index contributed by atoms with van der Waals surface area (Å²) in [6.45, 7) is 2.72. The van der Waals surface area contributed by atoms with Crippen LogP contribution in [0.5, 0.6) is 0 Å². The average Bonchev–Trinajstić information content (AvgIpc) is 2.72. The lowest BCUT2D eigenvalue weighted by molar-refractivity contribution is -0.121. The Hall–Kier alpha value is -1.35. The fourth-order valence-corrected chi connectivity index (χ4v) is 3.16. The first-order chi connectivity index (χ1) is 13.3. The van der Waals surface area contributed by atoms with Gasteiger partial charge in [-0.05, 0) is 24.8 Å². The summed E-state index contributed by atoms with van der Waals surface area (Å²) in [4.78, 5) is 16.1. The third-order valence-corrected chi connectivity index (χ3v) is 4.72. The molecule has 0 saturated heterocycles. The lowest BCUT2D eigenvalue weighted by Gasteiger charge is -2.22. The number of hydrogen-bond acceptors (Lipinski definition) is 3. The van der Waals surface area contributed by atoms with Gasteiger partial charge < -0.3 is 20.7 Å². The molecule has 1 aliphatic rings. The van der Waals surface area contributed by atoms with Gasteiger partial charge in [-0.2, -0.15) is 0 Å². The lowest BCUT2D eigenvalue weighted by Crippen LogP contribution is -2.40. The van der Waals surface area contributed by atoms with Crippen molar-refractivity contribution in [2.75, 3.05) is 26.7 Å². The first-order valence-electron chi connectivity index (χ1n) is 10.1. The molecule has 1 aliphatic carbocycles. The minimum absolute atomic E-state index is 0. The average molecular weight is 502 g/mol. The standard InChI is InChI=1S/C21H34N4O2.HI/c1-22-21(23-14-8-16-27-19-11-6-3-7-12-19)24-15-13-20(26)25-17-18-9-4-2-5-10-18;/h2,4-5,9-10,19H,3,6-8,11-17H2,1H3,(H,25,26)(H2,22,23,24);1H. The number of aliphatic imine (C=N–C) groups is 1. The van der Waals surface area contributed by atoms with E-state index in [4.69, 9.17) is 4.74 Å². The Labute approximate surface area is 186 Å². The van der Waals surface area contributed by atoms with Crippen LogP contribution in [0.15, 0.2) is 35.3 Å². The Morgan fingerprint density at radius 2 is 1.79 bits per heavy atom. The van der Waals surface area contributed by atoms with E-state index in [2.05, 4.69) is 20.9 Å². The van der Waals surface area contributed by atoms with Gasteiger partial charge in [0.1, 0.15) is 0 Å². The molecule has 0 spiro atoms. The third kappa shape index (κ3) is 10.8. The molecule has 1 saturated carbocycles. The molecule has 7 heteroatoms. The molecule has 0 aliphatic heterocycles. The highest BCUT2D eigenvalue weighted by atomic mass is 127. The molecule has 0 unspecified atom stereocenters. The van der Waals surface area contributed by atoms with Crippen molar-refractivity contribution in [3.63, 3.8) is 0 Å². The Balaban J connectivity index is 0.00000392. The molecule has 1 amide bonds. The zero-order valence-corrected chi connectivity index (χ0v) is 19.2. The maximum absolute atomic E-state index is 11.9. The molecule has 158 valence electrons. The minimum Gasteiger partial charge on any atom is -0.378 e. The number of amides is 1. The van der Waals surface area contributed by atoms with Crippen LogP contribution in [0.4, 0.5) is 0 Å². The topological polar surface area (TPSA) is 74.8 Å². The van der Waals surface area contributed by atoms with Gasteiger partial charge in [-0.15, -0.1) is 24.0 Å². The van der Waals surface area contributed by atoms with Gasteiger partial charge in [-0.1, -0.05) is 49.6 Å². The Morgan fingerprint density at radius 3 is 2.50 bits per heavy atom. The summed E-state index contributed by atoms with van der Waals surface area (Å²) >= 11 is 0. The van der Waals surface area contributed by atoms with Crippen molar-refractivity contribution in [1.82, 2.24) is 16.0 Å². The monoisotopic (exact) mass is 502 g/mol. The number of rotatable bonds is 10. The summed E-state index contributed by atoms with van der Waals surface area (Å²) in [5, 5.41) is 9.37. The quantitative estimate of drug-likeness (QED) is 0.199. The highest BCUT2D eigenvalue weighted by molar-refractivity contribution is 14.0. The minimum atomic E-state index is 0. The summed E-state index contributed by atoms with van der Waals surface area (Å²) in [6, 6.07) is 9.92. The van der Waals surface area contributed by atoms with Gasteiger partial charge in [0, 0.05) is 39.7 Å². The van der Waals surface area contributed by atoms with E-state index in [-0.39, 0.29) is 29.9 Å². The van der Waals surface area contributed by atoms with Crippen molar-refractivity contribution < 1.29 is 9.53 Å². The van der Waals surface area contributed by atoms with Crippen LogP contribution in [0.3, 0.4) is 0 Å². The number of benzene rings is 1. The van der Waals surface area contributed by atoms with Crippen LogP contribution in [0.25, 0.3) is 0 Å². The third-order valence-electron chi connectivity index (χ3n) is 4.72. The SMILES string of the molecule is CN=C(NCCCOC1CCCCC1)NCCC(=O)NCc1ccccc1.I. The molecule has 1 aromatic rings. The highest BCUT2D eigenvalue weighted by Gasteiger charge is 2.13.